The van der Waals surface area contributed by atoms with Crippen LogP contribution in [0.15, 0.2) is 0 Å². The number of aromatic nitrogens is 3. The lowest BCUT2D eigenvalue weighted by Gasteiger charge is -2.24. The molecule has 0 fully saturated rings. The van der Waals surface area contributed by atoms with Crippen molar-refractivity contribution in [2.45, 2.75) is 32.5 Å². The van der Waals surface area contributed by atoms with E-state index in [1.165, 1.54) is 0 Å². The third kappa shape index (κ3) is 1.34. The van der Waals surface area contributed by atoms with E-state index < -0.39 is 6.10 Å². The minimum Gasteiger partial charge on any atom is -0.385 e. The summed E-state index contributed by atoms with van der Waals surface area (Å²) in [5, 5.41) is 20.7. The van der Waals surface area contributed by atoms with Crippen molar-refractivity contribution in [2.24, 2.45) is 0 Å². The van der Waals surface area contributed by atoms with E-state index in [2.05, 4.69) is 22.4 Å². The van der Waals surface area contributed by atoms with Gasteiger partial charge in [-0.05, 0) is 13.8 Å². The highest BCUT2D eigenvalue weighted by atomic mass is 16.3. The summed E-state index contributed by atoms with van der Waals surface area (Å²) in [7, 11) is 0. The second kappa shape index (κ2) is 3.08. The molecule has 1 aliphatic rings. The Balaban J connectivity index is 2.44. The highest BCUT2D eigenvalue weighted by molar-refractivity contribution is 5.03. The van der Waals surface area contributed by atoms with Gasteiger partial charge in [-0.1, -0.05) is 0 Å². The van der Waals surface area contributed by atoms with E-state index in [4.69, 9.17) is 0 Å². The Kier molecular flexibility index (Phi) is 2.05. The van der Waals surface area contributed by atoms with Crippen LogP contribution < -0.4 is 5.32 Å². The SMILES string of the molecule is CC(O)c1nnc2n1C(C)CNC2. The summed E-state index contributed by atoms with van der Waals surface area (Å²) < 4.78 is 2.02. The van der Waals surface area contributed by atoms with E-state index in [0.29, 0.717) is 11.9 Å². The molecule has 0 aliphatic carbocycles. The second-order valence-electron chi connectivity index (χ2n) is 3.50. The topological polar surface area (TPSA) is 63.0 Å². The molecule has 2 heterocycles. The Morgan fingerprint density at radius 3 is 3.08 bits per heavy atom. The zero-order valence-corrected chi connectivity index (χ0v) is 7.86. The van der Waals surface area contributed by atoms with Crippen LogP contribution in [0, 0.1) is 0 Å². The van der Waals surface area contributed by atoms with Crippen molar-refractivity contribution in [1.29, 1.82) is 0 Å². The van der Waals surface area contributed by atoms with Crippen molar-refractivity contribution >= 4 is 0 Å². The number of aliphatic hydroxyl groups excluding tert-OH is 1. The molecule has 2 rings (SSSR count). The molecular weight excluding hydrogens is 168 g/mol. The first-order valence-corrected chi connectivity index (χ1v) is 4.52. The van der Waals surface area contributed by atoms with E-state index >= 15 is 0 Å². The molecule has 0 spiro atoms. The van der Waals surface area contributed by atoms with Gasteiger partial charge in [-0.3, -0.25) is 0 Å². The van der Waals surface area contributed by atoms with Crippen LogP contribution in [-0.4, -0.2) is 26.4 Å². The Bertz CT molecular complexity index is 307. The van der Waals surface area contributed by atoms with Gasteiger partial charge in [-0.2, -0.15) is 0 Å². The van der Waals surface area contributed by atoms with Crippen LogP contribution in [0.4, 0.5) is 0 Å². The van der Waals surface area contributed by atoms with Gasteiger partial charge in [0.1, 0.15) is 11.9 Å². The van der Waals surface area contributed by atoms with Crippen LogP contribution >= 0.6 is 0 Å². The maximum atomic E-state index is 9.44. The smallest absolute Gasteiger partial charge is 0.162 e. The maximum absolute atomic E-state index is 9.44. The van der Waals surface area contributed by atoms with Gasteiger partial charge in [0.05, 0.1) is 6.54 Å². The molecule has 72 valence electrons. The fourth-order valence-electron chi connectivity index (χ4n) is 1.71. The molecule has 5 heteroatoms. The third-order valence-corrected chi connectivity index (χ3v) is 2.33. The van der Waals surface area contributed by atoms with Crippen LogP contribution in [0.1, 0.15) is 37.6 Å². The van der Waals surface area contributed by atoms with Gasteiger partial charge in [0.15, 0.2) is 5.82 Å². The molecular formula is C8H14N4O. The monoisotopic (exact) mass is 182 g/mol. The summed E-state index contributed by atoms with van der Waals surface area (Å²) in [5.41, 5.74) is 0. The number of hydrogen-bond donors (Lipinski definition) is 2. The van der Waals surface area contributed by atoms with E-state index in [1.807, 2.05) is 4.57 Å². The number of nitrogens with one attached hydrogen (secondary N) is 1. The highest BCUT2D eigenvalue weighted by Crippen LogP contribution is 2.19. The first-order valence-electron chi connectivity index (χ1n) is 4.52. The number of hydrogen-bond acceptors (Lipinski definition) is 4. The quantitative estimate of drug-likeness (QED) is 0.641. The van der Waals surface area contributed by atoms with E-state index in [1.54, 1.807) is 6.92 Å². The Labute approximate surface area is 76.8 Å². The lowest BCUT2D eigenvalue weighted by Crippen LogP contribution is -2.32. The van der Waals surface area contributed by atoms with E-state index in [0.717, 1.165) is 18.9 Å². The summed E-state index contributed by atoms with van der Waals surface area (Å²) >= 11 is 0. The average molecular weight is 182 g/mol. The zero-order chi connectivity index (χ0) is 9.42. The van der Waals surface area contributed by atoms with Gasteiger partial charge >= 0.3 is 0 Å². The predicted octanol–water partition coefficient (Wildman–Crippen LogP) is -0.00440. The Morgan fingerprint density at radius 2 is 2.38 bits per heavy atom. The van der Waals surface area contributed by atoms with Crippen molar-refractivity contribution in [3.8, 4) is 0 Å². The minimum atomic E-state index is -0.540. The molecule has 0 saturated heterocycles. The van der Waals surface area contributed by atoms with Crippen molar-refractivity contribution in [3.63, 3.8) is 0 Å². The third-order valence-electron chi connectivity index (χ3n) is 2.33. The van der Waals surface area contributed by atoms with E-state index in [-0.39, 0.29) is 0 Å². The summed E-state index contributed by atoms with van der Waals surface area (Å²) in [6.07, 6.45) is -0.540. The lowest BCUT2D eigenvalue weighted by molar-refractivity contribution is 0.178. The van der Waals surface area contributed by atoms with Gasteiger partial charge in [0, 0.05) is 12.6 Å². The zero-order valence-electron chi connectivity index (χ0n) is 7.86. The fourth-order valence-corrected chi connectivity index (χ4v) is 1.71. The van der Waals surface area contributed by atoms with Crippen LogP contribution in [0.2, 0.25) is 0 Å². The number of aliphatic hydroxyl groups is 1. The fraction of sp³-hybridized carbons (Fsp3) is 0.750. The molecule has 0 saturated carbocycles. The number of rotatable bonds is 1. The molecule has 0 amide bonds. The summed E-state index contributed by atoms with van der Waals surface area (Å²) in [4.78, 5) is 0. The van der Waals surface area contributed by atoms with Crippen molar-refractivity contribution < 1.29 is 5.11 Å². The lowest BCUT2D eigenvalue weighted by atomic mass is 10.2. The first-order chi connectivity index (χ1) is 6.20. The van der Waals surface area contributed by atoms with Gasteiger partial charge in [-0.25, -0.2) is 0 Å². The molecule has 0 radical (unpaired) electrons. The van der Waals surface area contributed by atoms with Crippen LogP contribution in [0.25, 0.3) is 0 Å². The maximum Gasteiger partial charge on any atom is 0.162 e. The molecule has 1 aromatic rings. The van der Waals surface area contributed by atoms with Crippen molar-refractivity contribution in [2.75, 3.05) is 6.54 Å². The molecule has 2 unspecified atom stereocenters. The minimum absolute atomic E-state index is 0.323. The second-order valence-corrected chi connectivity index (χ2v) is 3.50. The average Bonchev–Trinajstić information content (AvgIpc) is 2.49. The van der Waals surface area contributed by atoms with Crippen molar-refractivity contribution in [1.82, 2.24) is 20.1 Å². The Hall–Kier alpha value is -0.940. The summed E-state index contributed by atoms with van der Waals surface area (Å²) in [6.45, 7) is 5.45. The standard InChI is InChI=1S/C8H14N4O/c1-5-3-9-4-7-10-11-8(6(2)13)12(5)7/h5-6,9,13H,3-4H2,1-2H3. The molecule has 1 aliphatic heterocycles. The first kappa shape index (κ1) is 8.65. The van der Waals surface area contributed by atoms with Gasteiger partial charge in [0.25, 0.3) is 0 Å². The molecule has 2 atom stereocenters. The van der Waals surface area contributed by atoms with Gasteiger partial charge in [0.2, 0.25) is 0 Å². The molecule has 1 aromatic heterocycles. The Morgan fingerprint density at radius 1 is 1.62 bits per heavy atom. The van der Waals surface area contributed by atoms with Crippen LogP contribution in [-0.2, 0) is 6.54 Å². The predicted molar refractivity (Wildman–Crippen MR) is 47.1 cm³/mol. The number of nitrogens with zero attached hydrogens (tertiary/aromatic N) is 3. The normalized spacial score (nSPS) is 24.1. The van der Waals surface area contributed by atoms with Gasteiger partial charge in [-0.15, -0.1) is 10.2 Å². The molecule has 2 N–H and O–H groups in total. The molecule has 13 heavy (non-hydrogen) atoms. The molecule has 0 aromatic carbocycles. The molecule has 0 bridgehead atoms. The van der Waals surface area contributed by atoms with E-state index in [9.17, 15) is 5.11 Å². The largest absolute Gasteiger partial charge is 0.385 e. The molecule has 5 nitrogen and oxygen atoms in total. The van der Waals surface area contributed by atoms with Gasteiger partial charge < -0.3 is 15.0 Å². The summed E-state index contributed by atoms with van der Waals surface area (Å²) in [6, 6.07) is 0.323. The number of fused-ring (bicyclic) bond motifs is 1. The highest BCUT2D eigenvalue weighted by Gasteiger charge is 2.22. The van der Waals surface area contributed by atoms with Crippen LogP contribution in [0.3, 0.4) is 0 Å². The van der Waals surface area contributed by atoms with Crippen molar-refractivity contribution in [3.05, 3.63) is 11.6 Å². The van der Waals surface area contributed by atoms with Crippen LogP contribution in [0.5, 0.6) is 0 Å². The summed E-state index contributed by atoms with van der Waals surface area (Å²) in [5.74, 6) is 1.58.